The normalized spacial score (nSPS) is 20.3. The Kier molecular flexibility index (Phi) is 4.24. The van der Waals surface area contributed by atoms with Crippen LogP contribution in [0.15, 0.2) is 35.2 Å². The standard InChI is InChI=1S/C14H19NO3S/c1-12(16)15-9-5-6-13(10-15)11-19(17,18)14-7-3-2-4-8-14/h2-4,7-8,13H,5-6,9-11H2,1H3. The van der Waals surface area contributed by atoms with Gasteiger partial charge in [-0.25, -0.2) is 8.42 Å². The third kappa shape index (κ3) is 3.56. The Morgan fingerprint density at radius 1 is 1.32 bits per heavy atom. The summed E-state index contributed by atoms with van der Waals surface area (Å²) in [6, 6.07) is 8.52. The van der Waals surface area contributed by atoms with Gasteiger partial charge in [0.05, 0.1) is 10.6 Å². The van der Waals surface area contributed by atoms with Gasteiger partial charge in [-0.3, -0.25) is 4.79 Å². The Balaban J connectivity index is 2.06. The van der Waals surface area contributed by atoms with E-state index >= 15 is 0 Å². The van der Waals surface area contributed by atoms with Gasteiger partial charge >= 0.3 is 0 Å². The lowest BCUT2D eigenvalue weighted by atomic mass is 10.0. The molecular weight excluding hydrogens is 262 g/mol. The van der Waals surface area contributed by atoms with E-state index in [9.17, 15) is 13.2 Å². The number of carbonyl (C=O) groups excluding carboxylic acids is 1. The Bertz CT molecular complexity index is 539. The van der Waals surface area contributed by atoms with Crippen molar-refractivity contribution in [2.45, 2.75) is 24.7 Å². The van der Waals surface area contributed by atoms with E-state index in [-0.39, 0.29) is 17.6 Å². The molecule has 1 saturated heterocycles. The highest BCUT2D eigenvalue weighted by Gasteiger charge is 2.26. The third-order valence-corrected chi connectivity index (χ3v) is 5.42. The number of rotatable bonds is 3. The molecule has 1 unspecified atom stereocenters. The molecule has 19 heavy (non-hydrogen) atoms. The van der Waals surface area contributed by atoms with Gasteiger partial charge in [0.15, 0.2) is 9.84 Å². The first kappa shape index (κ1) is 14.1. The summed E-state index contributed by atoms with van der Waals surface area (Å²) in [5, 5.41) is 0. The summed E-state index contributed by atoms with van der Waals surface area (Å²) in [5.41, 5.74) is 0. The summed E-state index contributed by atoms with van der Waals surface area (Å²) >= 11 is 0. The number of carbonyl (C=O) groups is 1. The predicted octanol–water partition coefficient (Wildman–Crippen LogP) is 1.72. The number of piperidine rings is 1. The van der Waals surface area contributed by atoms with Crippen LogP contribution in [-0.2, 0) is 14.6 Å². The highest BCUT2D eigenvalue weighted by molar-refractivity contribution is 7.91. The van der Waals surface area contributed by atoms with Crippen LogP contribution in [0.5, 0.6) is 0 Å². The van der Waals surface area contributed by atoms with Crippen molar-refractivity contribution in [1.82, 2.24) is 4.90 Å². The molecule has 0 aliphatic carbocycles. The predicted molar refractivity (Wildman–Crippen MR) is 73.5 cm³/mol. The molecule has 1 amide bonds. The zero-order valence-corrected chi connectivity index (χ0v) is 11.9. The minimum Gasteiger partial charge on any atom is -0.343 e. The van der Waals surface area contributed by atoms with Crippen LogP contribution in [0, 0.1) is 5.92 Å². The van der Waals surface area contributed by atoms with E-state index in [0.717, 1.165) is 19.4 Å². The molecule has 104 valence electrons. The lowest BCUT2D eigenvalue weighted by Gasteiger charge is -2.31. The van der Waals surface area contributed by atoms with E-state index in [1.807, 2.05) is 0 Å². The average molecular weight is 281 g/mol. The maximum Gasteiger partial charge on any atom is 0.219 e. The van der Waals surface area contributed by atoms with Crippen molar-refractivity contribution in [2.75, 3.05) is 18.8 Å². The molecule has 0 spiro atoms. The average Bonchev–Trinajstić information content (AvgIpc) is 2.39. The van der Waals surface area contributed by atoms with Crippen molar-refractivity contribution >= 4 is 15.7 Å². The van der Waals surface area contributed by atoms with Crippen LogP contribution >= 0.6 is 0 Å². The zero-order chi connectivity index (χ0) is 13.9. The van der Waals surface area contributed by atoms with Crippen LogP contribution in [0.2, 0.25) is 0 Å². The molecule has 1 aliphatic heterocycles. The van der Waals surface area contributed by atoms with E-state index in [1.54, 1.807) is 35.2 Å². The maximum absolute atomic E-state index is 12.3. The van der Waals surface area contributed by atoms with Gasteiger partial charge in [0.25, 0.3) is 0 Å². The number of hydrogen-bond donors (Lipinski definition) is 0. The first-order chi connectivity index (χ1) is 8.99. The number of sulfone groups is 1. The monoisotopic (exact) mass is 281 g/mol. The van der Waals surface area contributed by atoms with Gasteiger partial charge in [0, 0.05) is 20.0 Å². The van der Waals surface area contributed by atoms with E-state index < -0.39 is 9.84 Å². The minimum atomic E-state index is -3.25. The first-order valence-corrected chi connectivity index (χ1v) is 8.17. The zero-order valence-electron chi connectivity index (χ0n) is 11.1. The quantitative estimate of drug-likeness (QED) is 0.847. The molecular formula is C14H19NO3S. The largest absolute Gasteiger partial charge is 0.343 e. The molecule has 1 atom stereocenters. The molecule has 1 aliphatic rings. The number of likely N-dealkylation sites (tertiary alicyclic amines) is 1. The van der Waals surface area contributed by atoms with Crippen LogP contribution in [0.4, 0.5) is 0 Å². The van der Waals surface area contributed by atoms with Crippen molar-refractivity contribution in [1.29, 1.82) is 0 Å². The maximum atomic E-state index is 12.3. The van der Waals surface area contributed by atoms with E-state index in [0.29, 0.717) is 11.4 Å². The molecule has 5 heteroatoms. The van der Waals surface area contributed by atoms with Gasteiger partial charge < -0.3 is 4.90 Å². The molecule has 1 aromatic rings. The molecule has 0 N–H and O–H groups in total. The topological polar surface area (TPSA) is 54.5 Å². The summed E-state index contributed by atoms with van der Waals surface area (Å²) in [5.74, 6) is 0.200. The fraction of sp³-hybridized carbons (Fsp3) is 0.500. The molecule has 4 nitrogen and oxygen atoms in total. The second-order valence-electron chi connectivity index (χ2n) is 5.07. The summed E-state index contributed by atoms with van der Waals surface area (Å²) in [4.78, 5) is 13.5. The molecule has 2 rings (SSSR count). The van der Waals surface area contributed by atoms with Crippen molar-refractivity contribution in [3.05, 3.63) is 30.3 Å². The number of amides is 1. The van der Waals surface area contributed by atoms with Crippen LogP contribution in [-0.4, -0.2) is 38.1 Å². The fourth-order valence-electron chi connectivity index (χ4n) is 2.52. The number of hydrogen-bond acceptors (Lipinski definition) is 3. The van der Waals surface area contributed by atoms with Gasteiger partial charge in [-0.1, -0.05) is 18.2 Å². The van der Waals surface area contributed by atoms with Crippen molar-refractivity contribution in [2.24, 2.45) is 5.92 Å². The lowest BCUT2D eigenvalue weighted by Crippen LogP contribution is -2.40. The molecule has 0 aromatic heterocycles. The summed E-state index contributed by atoms with van der Waals surface area (Å²) in [6.07, 6.45) is 1.75. The van der Waals surface area contributed by atoms with Gasteiger partial charge in [-0.05, 0) is 30.9 Å². The minimum absolute atomic E-state index is 0.0295. The molecule has 1 fully saturated rings. The lowest BCUT2D eigenvalue weighted by molar-refractivity contribution is -0.130. The summed E-state index contributed by atoms with van der Waals surface area (Å²) < 4.78 is 24.5. The van der Waals surface area contributed by atoms with Crippen LogP contribution in [0.3, 0.4) is 0 Å². The number of nitrogens with zero attached hydrogens (tertiary/aromatic N) is 1. The van der Waals surface area contributed by atoms with Crippen molar-refractivity contribution < 1.29 is 13.2 Å². The molecule has 0 saturated carbocycles. The molecule has 0 radical (unpaired) electrons. The van der Waals surface area contributed by atoms with E-state index in [4.69, 9.17) is 0 Å². The molecule has 1 heterocycles. The van der Waals surface area contributed by atoms with Gasteiger partial charge in [0.2, 0.25) is 5.91 Å². The van der Waals surface area contributed by atoms with Crippen LogP contribution in [0.1, 0.15) is 19.8 Å². The summed E-state index contributed by atoms with van der Waals surface area (Å²) in [7, 11) is -3.25. The first-order valence-electron chi connectivity index (χ1n) is 6.52. The van der Waals surface area contributed by atoms with Gasteiger partial charge in [-0.2, -0.15) is 0 Å². The number of benzene rings is 1. The highest BCUT2D eigenvalue weighted by atomic mass is 32.2. The Morgan fingerprint density at radius 2 is 2.00 bits per heavy atom. The van der Waals surface area contributed by atoms with Crippen LogP contribution < -0.4 is 0 Å². The van der Waals surface area contributed by atoms with Crippen molar-refractivity contribution in [3.8, 4) is 0 Å². The molecule has 1 aromatic carbocycles. The highest BCUT2D eigenvalue weighted by Crippen LogP contribution is 2.21. The fourth-order valence-corrected chi connectivity index (χ4v) is 4.18. The Labute approximate surface area is 114 Å². The van der Waals surface area contributed by atoms with Gasteiger partial charge in [-0.15, -0.1) is 0 Å². The van der Waals surface area contributed by atoms with E-state index in [2.05, 4.69) is 0 Å². The second kappa shape index (κ2) is 5.74. The Morgan fingerprint density at radius 3 is 2.63 bits per heavy atom. The van der Waals surface area contributed by atoms with Crippen LogP contribution in [0.25, 0.3) is 0 Å². The smallest absolute Gasteiger partial charge is 0.219 e. The van der Waals surface area contributed by atoms with E-state index in [1.165, 1.54) is 6.92 Å². The third-order valence-electron chi connectivity index (χ3n) is 3.52. The molecule has 0 bridgehead atoms. The Hall–Kier alpha value is -1.36. The SMILES string of the molecule is CC(=O)N1CCCC(CS(=O)(=O)c2ccccc2)C1. The second-order valence-corrected chi connectivity index (χ2v) is 7.10. The summed E-state index contributed by atoms with van der Waals surface area (Å²) in [6.45, 7) is 2.84. The van der Waals surface area contributed by atoms with Gasteiger partial charge in [0.1, 0.15) is 0 Å². The van der Waals surface area contributed by atoms with Crippen molar-refractivity contribution in [3.63, 3.8) is 0 Å².